The Bertz CT molecular complexity index is 1480. The molecule has 4 N–H and O–H groups in total. The number of nitrogens with one attached hydrogen (secondary N) is 2. The summed E-state index contributed by atoms with van der Waals surface area (Å²) in [6, 6.07) is 20.4. The monoisotopic (exact) mass is 496 g/mol. The standard InChI is InChI=1S/C29H28N4O4/c1-3-15-33(17-20-9-14-25-24(16-20)29(37)31-19(2)30-25)23-12-10-22(11-13-23)28(36)32-26(18-34)27(35)21-7-5-4-6-8-21/h1,4-14,16,26-27,34-35H,15,17-18H2,2H3,(H,32,36)(H,30,31,37). The third-order valence-electron chi connectivity index (χ3n) is 6.07. The fourth-order valence-corrected chi connectivity index (χ4v) is 4.15. The van der Waals surface area contributed by atoms with Gasteiger partial charge < -0.3 is 25.4 Å². The minimum atomic E-state index is -1.05. The largest absolute Gasteiger partial charge is 0.394 e. The van der Waals surface area contributed by atoms with E-state index in [0.29, 0.717) is 40.9 Å². The number of benzene rings is 3. The number of fused-ring (bicyclic) bond motifs is 1. The maximum atomic E-state index is 12.8. The molecule has 0 saturated carbocycles. The molecule has 1 amide bonds. The van der Waals surface area contributed by atoms with Crippen LogP contribution in [0.1, 0.15) is 33.4 Å². The van der Waals surface area contributed by atoms with Crippen LogP contribution in [0.3, 0.4) is 0 Å². The summed E-state index contributed by atoms with van der Waals surface area (Å²) in [5.74, 6) is 2.79. The molecule has 4 aromatic rings. The minimum absolute atomic E-state index is 0.193. The van der Waals surface area contributed by atoms with E-state index in [2.05, 4.69) is 21.2 Å². The SMILES string of the molecule is C#CCN(Cc1ccc2nc(C)[nH]c(=O)c2c1)c1ccc(C(=O)NC(CO)C(O)c2ccccc2)cc1. The van der Waals surface area contributed by atoms with E-state index in [1.807, 2.05) is 23.1 Å². The maximum absolute atomic E-state index is 12.8. The van der Waals surface area contributed by atoms with Crippen LogP contribution in [0.4, 0.5) is 5.69 Å². The lowest BCUT2D eigenvalue weighted by Crippen LogP contribution is -2.42. The number of hydrogen-bond acceptors (Lipinski definition) is 6. The number of aliphatic hydroxyl groups is 2. The highest BCUT2D eigenvalue weighted by Gasteiger charge is 2.22. The number of carbonyl (C=O) groups excluding carboxylic acids is 1. The van der Waals surface area contributed by atoms with E-state index in [4.69, 9.17) is 6.42 Å². The average Bonchev–Trinajstić information content (AvgIpc) is 2.92. The second-order valence-electron chi connectivity index (χ2n) is 8.73. The minimum Gasteiger partial charge on any atom is -0.394 e. The van der Waals surface area contributed by atoms with Crippen LogP contribution in [0, 0.1) is 19.3 Å². The van der Waals surface area contributed by atoms with Gasteiger partial charge in [0.15, 0.2) is 0 Å². The molecule has 8 heteroatoms. The molecular formula is C29H28N4O4. The number of aliphatic hydroxyl groups excluding tert-OH is 2. The van der Waals surface area contributed by atoms with Crippen molar-refractivity contribution in [2.45, 2.75) is 25.6 Å². The molecule has 0 spiro atoms. The molecule has 0 radical (unpaired) electrons. The van der Waals surface area contributed by atoms with E-state index < -0.39 is 24.7 Å². The molecule has 1 aromatic heterocycles. The van der Waals surface area contributed by atoms with Gasteiger partial charge in [-0.15, -0.1) is 6.42 Å². The Labute approximate surface area is 214 Å². The summed E-state index contributed by atoms with van der Waals surface area (Å²) >= 11 is 0. The summed E-state index contributed by atoms with van der Waals surface area (Å²) in [6.07, 6.45) is 4.56. The topological polar surface area (TPSA) is 119 Å². The van der Waals surface area contributed by atoms with Gasteiger partial charge >= 0.3 is 0 Å². The molecule has 188 valence electrons. The number of anilines is 1. The second kappa shape index (κ2) is 11.5. The van der Waals surface area contributed by atoms with Crippen molar-refractivity contribution < 1.29 is 15.0 Å². The van der Waals surface area contributed by atoms with Gasteiger partial charge in [-0.1, -0.05) is 42.3 Å². The highest BCUT2D eigenvalue weighted by molar-refractivity contribution is 5.94. The third-order valence-corrected chi connectivity index (χ3v) is 6.07. The quantitative estimate of drug-likeness (QED) is 0.265. The van der Waals surface area contributed by atoms with E-state index in [-0.39, 0.29) is 5.56 Å². The number of hydrogen-bond donors (Lipinski definition) is 4. The first-order chi connectivity index (χ1) is 17.9. The molecule has 8 nitrogen and oxygen atoms in total. The first-order valence-corrected chi connectivity index (χ1v) is 11.8. The van der Waals surface area contributed by atoms with Crippen molar-refractivity contribution in [3.8, 4) is 12.3 Å². The van der Waals surface area contributed by atoms with Gasteiger partial charge in [0.2, 0.25) is 0 Å². The van der Waals surface area contributed by atoms with Crippen LogP contribution in [0.25, 0.3) is 10.9 Å². The molecule has 1 heterocycles. The van der Waals surface area contributed by atoms with Crippen LogP contribution >= 0.6 is 0 Å². The zero-order valence-electron chi connectivity index (χ0n) is 20.4. The van der Waals surface area contributed by atoms with Crippen molar-refractivity contribution in [3.63, 3.8) is 0 Å². The Kier molecular flexibility index (Phi) is 7.98. The number of amides is 1. The Balaban J connectivity index is 1.49. The number of terminal acetylenes is 1. The van der Waals surface area contributed by atoms with Gasteiger partial charge in [0.25, 0.3) is 11.5 Å². The summed E-state index contributed by atoms with van der Waals surface area (Å²) in [5.41, 5.74) is 3.10. The molecule has 0 aliphatic heterocycles. The summed E-state index contributed by atoms with van der Waals surface area (Å²) in [7, 11) is 0. The highest BCUT2D eigenvalue weighted by atomic mass is 16.3. The lowest BCUT2D eigenvalue weighted by Gasteiger charge is -2.24. The van der Waals surface area contributed by atoms with E-state index >= 15 is 0 Å². The van der Waals surface area contributed by atoms with E-state index in [0.717, 1.165) is 11.3 Å². The highest BCUT2D eigenvalue weighted by Crippen LogP contribution is 2.21. The molecule has 2 atom stereocenters. The number of H-pyrrole nitrogens is 1. The molecule has 0 saturated heterocycles. The molecule has 0 bridgehead atoms. The Morgan fingerprint density at radius 2 is 1.86 bits per heavy atom. The van der Waals surface area contributed by atoms with Crippen LogP contribution in [0.2, 0.25) is 0 Å². The van der Waals surface area contributed by atoms with Gasteiger partial charge in [0.1, 0.15) is 11.9 Å². The Hall–Kier alpha value is -4.45. The van der Waals surface area contributed by atoms with Crippen molar-refractivity contribution in [3.05, 3.63) is 106 Å². The van der Waals surface area contributed by atoms with Gasteiger partial charge in [-0.2, -0.15) is 0 Å². The van der Waals surface area contributed by atoms with Crippen molar-refractivity contribution in [1.82, 2.24) is 15.3 Å². The lowest BCUT2D eigenvalue weighted by atomic mass is 10.0. The Morgan fingerprint density at radius 3 is 2.54 bits per heavy atom. The fourth-order valence-electron chi connectivity index (χ4n) is 4.15. The van der Waals surface area contributed by atoms with Gasteiger partial charge in [-0.25, -0.2) is 4.98 Å². The Morgan fingerprint density at radius 1 is 1.14 bits per heavy atom. The normalized spacial score (nSPS) is 12.5. The predicted octanol–water partition coefficient (Wildman–Crippen LogP) is 2.70. The number of aromatic nitrogens is 2. The summed E-state index contributed by atoms with van der Waals surface area (Å²) < 4.78 is 0. The van der Waals surface area contributed by atoms with Crippen LogP contribution in [-0.2, 0) is 6.54 Å². The molecule has 0 fully saturated rings. The number of rotatable bonds is 9. The first-order valence-electron chi connectivity index (χ1n) is 11.8. The summed E-state index contributed by atoms with van der Waals surface area (Å²) in [5, 5.41) is 23.5. The van der Waals surface area contributed by atoms with E-state index in [9.17, 15) is 19.8 Å². The van der Waals surface area contributed by atoms with Gasteiger partial charge in [-0.3, -0.25) is 9.59 Å². The molecule has 4 rings (SSSR count). The number of aromatic amines is 1. The van der Waals surface area contributed by atoms with Crippen LogP contribution < -0.4 is 15.8 Å². The van der Waals surface area contributed by atoms with E-state index in [1.165, 1.54) is 0 Å². The molecule has 3 aromatic carbocycles. The fraction of sp³-hybridized carbons (Fsp3) is 0.207. The van der Waals surface area contributed by atoms with Crippen molar-refractivity contribution >= 4 is 22.5 Å². The summed E-state index contributed by atoms with van der Waals surface area (Å²) in [4.78, 5) is 34.2. The smallest absolute Gasteiger partial charge is 0.258 e. The van der Waals surface area contributed by atoms with Crippen molar-refractivity contribution in [1.29, 1.82) is 0 Å². The number of carbonyl (C=O) groups is 1. The third kappa shape index (κ3) is 6.04. The lowest BCUT2D eigenvalue weighted by molar-refractivity contribution is 0.0703. The zero-order valence-corrected chi connectivity index (χ0v) is 20.4. The molecule has 0 aliphatic carbocycles. The van der Waals surface area contributed by atoms with Crippen LogP contribution in [0.15, 0.2) is 77.6 Å². The first kappa shape index (κ1) is 25.6. The van der Waals surface area contributed by atoms with E-state index in [1.54, 1.807) is 61.5 Å². The van der Waals surface area contributed by atoms with Crippen molar-refractivity contribution in [2.75, 3.05) is 18.1 Å². The van der Waals surface area contributed by atoms with Gasteiger partial charge in [-0.05, 0) is 54.4 Å². The summed E-state index contributed by atoms with van der Waals surface area (Å²) in [6.45, 7) is 2.10. The maximum Gasteiger partial charge on any atom is 0.258 e. The number of aryl methyl sites for hydroxylation is 1. The second-order valence-corrected chi connectivity index (χ2v) is 8.73. The van der Waals surface area contributed by atoms with Crippen LogP contribution in [-0.4, -0.2) is 45.3 Å². The van der Waals surface area contributed by atoms with Gasteiger partial charge in [0.05, 0.1) is 30.1 Å². The molecule has 0 aliphatic rings. The number of nitrogens with zero attached hydrogens (tertiary/aromatic N) is 2. The van der Waals surface area contributed by atoms with Crippen LogP contribution in [0.5, 0.6) is 0 Å². The molecule has 37 heavy (non-hydrogen) atoms. The van der Waals surface area contributed by atoms with Gasteiger partial charge in [0, 0.05) is 17.8 Å². The predicted molar refractivity (Wildman–Crippen MR) is 143 cm³/mol. The molecular weight excluding hydrogens is 468 g/mol. The zero-order chi connectivity index (χ0) is 26.4. The van der Waals surface area contributed by atoms with Crippen molar-refractivity contribution in [2.24, 2.45) is 0 Å². The average molecular weight is 497 g/mol. The molecule has 2 unspecified atom stereocenters.